The van der Waals surface area contributed by atoms with E-state index in [0.717, 1.165) is 24.9 Å². The summed E-state index contributed by atoms with van der Waals surface area (Å²) in [7, 11) is 2.18. The van der Waals surface area contributed by atoms with Crippen molar-refractivity contribution in [3.8, 4) is 0 Å². The minimum Gasteiger partial charge on any atom is -0.378 e. The molecule has 5 heteroatoms. The second kappa shape index (κ2) is 8.25. The third kappa shape index (κ3) is 4.64. The van der Waals surface area contributed by atoms with Gasteiger partial charge in [-0.3, -0.25) is 4.79 Å². The number of carbonyl (C=O) groups is 1. The highest BCUT2D eigenvalue weighted by Crippen LogP contribution is 2.32. The van der Waals surface area contributed by atoms with Crippen molar-refractivity contribution in [2.45, 2.75) is 43.9 Å². The minimum absolute atomic E-state index is 0.289. The van der Waals surface area contributed by atoms with Crippen molar-refractivity contribution < 1.29 is 9.53 Å². The first kappa shape index (κ1) is 16.1. The first-order valence-corrected chi connectivity index (χ1v) is 8.93. The lowest BCUT2D eigenvalue weighted by Gasteiger charge is -2.29. The quantitative estimate of drug-likeness (QED) is 0.749. The van der Waals surface area contributed by atoms with E-state index in [0.29, 0.717) is 25.7 Å². The van der Waals surface area contributed by atoms with Crippen LogP contribution in [0.25, 0.3) is 0 Å². The van der Waals surface area contributed by atoms with Crippen molar-refractivity contribution in [3.63, 3.8) is 0 Å². The van der Waals surface area contributed by atoms with Gasteiger partial charge in [0.1, 0.15) is 0 Å². The zero-order chi connectivity index (χ0) is 14.4. The zero-order valence-electron chi connectivity index (χ0n) is 12.8. The third-order valence-corrected chi connectivity index (χ3v) is 5.66. The predicted octanol–water partition coefficient (Wildman–Crippen LogP) is 1.84. The van der Waals surface area contributed by atoms with Crippen molar-refractivity contribution >= 4 is 17.7 Å². The van der Waals surface area contributed by atoms with Crippen LogP contribution in [0.15, 0.2) is 0 Å². The molecule has 2 fully saturated rings. The largest absolute Gasteiger partial charge is 0.378 e. The lowest BCUT2D eigenvalue weighted by atomic mass is 10.2. The highest BCUT2D eigenvalue weighted by Gasteiger charge is 2.27. The Hall–Kier alpha value is -0.260. The summed E-state index contributed by atoms with van der Waals surface area (Å²) in [6.45, 7) is 6.05. The number of hydrogen-bond acceptors (Lipinski definition) is 4. The van der Waals surface area contributed by atoms with E-state index >= 15 is 0 Å². The van der Waals surface area contributed by atoms with Crippen LogP contribution in [0.4, 0.5) is 0 Å². The van der Waals surface area contributed by atoms with E-state index < -0.39 is 0 Å². The molecule has 1 aliphatic heterocycles. The monoisotopic (exact) mass is 300 g/mol. The van der Waals surface area contributed by atoms with Crippen molar-refractivity contribution in [3.05, 3.63) is 0 Å². The van der Waals surface area contributed by atoms with Crippen molar-refractivity contribution in [2.75, 3.05) is 45.6 Å². The molecule has 0 aromatic rings. The van der Waals surface area contributed by atoms with E-state index in [1.165, 1.54) is 25.0 Å². The molecule has 20 heavy (non-hydrogen) atoms. The van der Waals surface area contributed by atoms with Gasteiger partial charge in [0.2, 0.25) is 5.91 Å². The van der Waals surface area contributed by atoms with Crippen LogP contribution in [-0.4, -0.2) is 72.6 Å². The molecule has 0 radical (unpaired) electrons. The lowest BCUT2D eigenvalue weighted by Crippen LogP contribution is -2.42. The fourth-order valence-electron chi connectivity index (χ4n) is 3.13. The molecule has 4 nitrogen and oxygen atoms in total. The molecule has 0 N–H and O–H groups in total. The van der Waals surface area contributed by atoms with Crippen molar-refractivity contribution in [1.82, 2.24) is 9.80 Å². The number of rotatable bonds is 6. The second-order valence-corrected chi connectivity index (χ2v) is 7.35. The van der Waals surface area contributed by atoms with Crippen LogP contribution >= 0.6 is 11.8 Å². The predicted molar refractivity (Wildman–Crippen MR) is 84.2 cm³/mol. The highest BCUT2D eigenvalue weighted by atomic mass is 32.2. The normalized spacial score (nSPS) is 27.2. The van der Waals surface area contributed by atoms with Crippen LogP contribution in [0.2, 0.25) is 0 Å². The summed E-state index contributed by atoms with van der Waals surface area (Å²) in [5, 5.41) is 0.836. The molecule has 1 saturated carbocycles. The fraction of sp³-hybridized carbons (Fsp3) is 0.933. The van der Waals surface area contributed by atoms with Gasteiger partial charge in [-0.2, -0.15) is 11.8 Å². The molecule has 1 aliphatic carbocycles. The van der Waals surface area contributed by atoms with E-state index in [4.69, 9.17) is 4.74 Å². The summed E-state index contributed by atoms with van der Waals surface area (Å²) < 4.78 is 5.28. The molecule has 2 rings (SSSR count). The maximum absolute atomic E-state index is 12.1. The van der Waals surface area contributed by atoms with E-state index in [1.807, 2.05) is 4.90 Å². The van der Waals surface area contributed by atoms with Gasteiger partial charge in [0, 0.05) is 37.3 Å². The molecule has 2 atom stereocenters. The Labute approximate surface area is 127 Å². The molecule has 0 spiro atoms. The number of morpholine rings is 1. The molecule has 0 aromatic carbocycles. The molecule has 1 heterocycles. The van der Waals surface area contributed by atoms with Gasteiger partial charge in [0.05, 0.1) is 13.2 Å². The fourth-order valence-corrected chi connectivity index (χ4v) is 4.26. The number of hydrogen-bond donors (Lipinski definition) is 0. The van der Waals surface area contributed by atoms with Gasteiger partial charge >= 0.3 is 0 Å². The van der Waals surface area contributed by atoms with Crippen molar-refractivity contribution in [2.24, 2.45) is 0 Å². The van der Waals surface area contributed by atoms with Gasteiger partial charge in [-0.25, -0.2) is 0 Å². The van der Waals surface area contributed by atoms with Crippen LogP contribution < -0.4 is 0 Å². The smallest absolute Gasteiger partial charge is 0.224 e. The number of thioether (sulfide) groups is 1. The topological polar surface area (TPSA) is 32.8 Å². The van der Waals surface area contributed by atoms with E-state index in [2.05, 4.69) is 30.6 Å². The number of carbonyl (C=O) groups excluding carboxylic acids is 1. The third-order valence-electron chi connectivity index (χ3n) is 4.42. The Bertz CT molecular complexity index is 308. The summed E-state index contributed by atoms with van der Waals surface area (Å²) in [5.41, 5.74) is 0. The zero-order valence-corrected chi connectivity index (χ0v) is 13.7. The number of nitrogens with zero attached hydrogens (tertiary/aromatic N) is 2. The second-order valence-electron chi connectivity index (χ2n) is 5.77. The van der Waals surface area contributed by atoms with E-state index in [-0.39, 0.29) is 5.91 Å². The average Bonchev–Trinajstić information content (AvgIpc) is 2.94. The molecular formula is C15H28N2O2S. The van der Waals surface area contributed by atoms with Gasteiger partial charge < -0.3 is 14.5 Å². The summed E-state index contributed by atoms with van der Waals surface area (Å²) in [6, 6.07) is 0.677. The van der Waals surface area contributed by atoms with Crippen LogP contribution in [0.1, 0.15) is 32.6 Å². The van der Waals surface area contributed by atoms with E-state index in [9.17, 15) is 4.79 Å². The molecule has 2 aliphatic rings. The maximum atomic E-state index is 12.1. The molecule has 0 bridgehead atoms. The Kier molecular flexibility index (Phi) is 6.65. The van der Waals surface area contributed by atoms with Crippen molar-refractivity contribution in [1.29, 1.82) is 0 Å². The van der Waals surface area contributed by atoms with Crippen LogP contribution in [0.3, 0.4) is 0 Å². The van der Waals surface area contributed by atoms with Gasteiger partial charge in [-0.05, 0) is 32.1 Å². The van der Waals surface area contributed by atoms with Gasteiger partial charge in [0.15, 0.2) is 0 Å². The Morgan fingerprint density at radius 1 is 1.35 bits per heavy atom. The number of amides is 1. The Balaban J connectivity index is 1.67. The summed E-state index contributed by atoms with van der Waals surface area (Å²) in [5.74, 6) is 1.51. The molecule has 0 aromatic heterocycles. The van der Waals surface area contributed by atoms with Gasteiger partial charge in [0.25, 0.3) is 0 Å². The van der Waals surface area contributed by atoms with Gasteiger partial charge in [-0.15, -0.1) is 0 Å². The Morgan fingerprint density at radius 3 is 2.80 bits per heavy atom. The molecule has 116 valence electrons. The van der Waals surface area contributed by atoms with Gasteiger partial charge in [-0.1, -0.05) is 6.92 Å². The first-order chi connectivity index (χ1) is 9.70. The van der Waals surface area contributed by atoms with E-state index in [1.54, 1.807) is 0 Å². The summed E-state index contributed by atoms with van der Waals surface area (Å²) in [6.07, 6.45) is 4.57. The molecular weight excluding hydrogens is 272 g/mol. The Morgan fingerprint density at radius 2 is 2.10 bits per heavy atom. The SMILES string of the molecule is CCS[C@@H]1CC[C@H](N(C)CCC(=O)N2CCOCC2)C1. The van der Waals surface area contributed by atoms with Crippen LogP contribution in [0, 0.1) is 0 Å². The molecule has 1 saturated heterocycles. The maximum Gasteiger partial charge on any atom is 0.224 e. The summed E-state index contributed by atoms with van der Waals surface area (Å²) >= 11 is 2.09. The number of ether oxygens (including phenoxy) is 1. The standard InChI is InChI=1S/C15H28N2O2S/c1-3-20-14-5-4-13(12-14)16(2)7-6-15(18)17-8-10-19-11-9-17/h13-14H,3-12H2,1-2H3/t13-,14+/m0/s1. The summed E-state index contributed by atoms with van der Waals surface area (Å²) in [4.78, 5) is 16.5. The lowest BCUT2D eigenvalue weighted by molar-refractivity contribution is -0.135. The average molecular weight is 300 g/mol. The molecule has 0 unspecified atom stereocenters. The minimum atomic E-state index is 0.289. The molecule has 1 amide bonds. The van der Waals surface area contributed by atoms with Crippen LogP contribution in [0.5, 0.6) is 0 Å². The highest BCUT2D eigenvalue weighted by molar-refractivity contribution is 7.99. The first-order valence-electron chi connectivity index (χ1n) is 7.88. The van der Waals surface area contributed by atoms with Crippen LogP contribution in [-0.2, 0) is 9.53 Å².